The fourth-order valence-electron chi connectivity index (χ4n) is 4.05. The van der Waals surface area contributed by atoms with E-state index in [1.165, 1.54) is 19.3 Å². The van der Waals surface area contributed by atoms with E-state index in [4.69, 9.17) is 14.5 Å². The molecule has 154 valence electrons. The van der Waals surface area contributed by atoms with Crippen LogP contribution >= 0.6 is 11.3 Å². The number of hydrogen-bond acceptors (Lipinski definition) is 5. The van der Waals surface area contributed by atoms with Crippen LogP contribution in [0.4, 0.5) is 0 Å². The van der Waals surface area contributed by atoms with Gasteiger partial charge in [0.05, 0.1) is 26.3 Å². The number of rotatable bonds is 6. The zero-order chi connectivity index (χ0) is 20.4. The molecule has 1 fully saturated rings. The SMILES string of the molecule is COc1ccc(OC)c(-c2cn3c(CC(=O)N(C)C4CCCCC4)csc3n2)c1. The van der Waals surface area contributed by atoms with E-state index in [9.17, 15) is 4.79 Å². The Morgan fingerprint density at radius 3 is 2.76 bits per heavy atom. The normalized spacial score (nSPS) is 14.9. The van der Waals surface area contributed by atoms with Crippen molar-refractivity contribution in [2.24, 2.45) is 0 Å². The molecule has 0 N–H and O–H groups in total. The van der Waals surface area contributed by atoms with E-state index < -0.39 is 0 Å². The zero-order valence-electron chi connectivity index (χ0n) is 17.2. The summed E-state index contributed by atoms with van der Waals surface area (Å²) in [4.78, 5) is 20.4. The van der Waals surface area contributed by atoms with Gasteiger partial charge in [-0.3, -0.25) is 9.20 Å². The van der Waals surface area contributed by atoms with Crippen LogP contribution in [0, 0.1) is 0 Å². The Hall–Kier alpha value is -2.54. The van der Waals surface area contributed by atoms with Gasteiger partial charge in [0.1, 0.15) is 11.5 Å². The average Bonchev–Trinajstić information content (AvgIpc) is 3.35. The number of benzene rings is 1. The summed E-state index contributed by atoms with van der Waals surface area (Å²) in [6.45, 7) is 0. The molecule has 4 rings (SSSR count). The maximum Gasteiger partial charge on any atom is 0.228 e. The Balaban J connectivity index is 1.59. The maximum absolute atomic E-state index is 12.9. The number of thiazole rings is 1. The summed E-state index contributed by atoms with van der Waals surface area (Å²) < 4.78 is 12.9. The molecule has 1 aliphatic rings. The third-order valence-corrected chi connectivity index (χ3v) is 6.70. The molecule has 1 saturated carbocycles. The smallest absolute Gasteiger partial charge is 0.228 e. The quantitative estimate of drug-likeness (QED) is 0.601. The second-order valence-corrected chi connectivity index (χ2v) is 8.38. The number of nitrogens with zero attached hydrogens (tertiary/aromatic N) is 3. The van der Waals surface area contributed by atoms with Gasteiger partial charge in [0.25, 0.3) is 0 Å². The average molecular weight is 414 g/mol. The molecule has 1 aromatic carbocycles. The molecule has 2 aromatic heterocycles. The van der Waals surface area contributed by atoms with Crippen molar-refractivity contribution in [3.05, 3.63) is 35.5 Å². The maximum atomic E-state index is 12.9. The van der Waals surface area contributed by atoms with Gasteiger partial charge >= 0.3 is 0 Å². The lowest BCUT2D eigenvalue weighted by atomic mass is 9.94. The Morgan fingerprint density at radius 1 is 1.24 bits per heavy atom. The Bertz CT molecular complexity index is 1000. The summed E-state index contributed by atoms with van der Waals surface area (Å²) in [6, 6.07) is 6.05. The highest BCUT2D eigenvalue weighted by molar-refractivity contribution is 7.15. The van der Waals surface area contributed by atoms with E-state index in [2.05, 4.69) is 0 Å². The third kappa shape index (κ3) is 3.96. The van der Waals surface area contributed by atoms with Gasteiger partial charge in [0, 0.05) is 35.9 Å². The van der Waals surface area contributed by atoms with Crippen molar-refractivity contribution in [1.82, 2.24) is 14.3 Å². The molecule has 6 nitrogen and oxygen atoms in total. The molecule has 1 aliphatic carbocycles. The summed E-state index contributed by atoms with van der Waals surface area (Å²) in [5, 5.41) is 2.03. The number of ether oxygens (including phenoxy) is 2. The topological polar surface area (TPSA) is 56.1 Å². The molecule has 0 aliphatic heterocycles. The number of aromatic nitrogens is 2. The van der Waals surface area contributed by atoms with Gasteiger partial charge in [-0.1, -0.05) is 19.3 Å². The van der Waals surface area contributed by atoms with Crippen LogP contribution in [0.5, 0.6) is 11.5 Å². The highest BCUT2D eigenvalue weighted by Crippen LogP contribution is 2.34. The third-order valence-electron chi connectivity index (χ3n) is 5.81. The summed E-state index contributed by atoms with van der Waals surface area (Å²) in [5.74, 6) is 1.67. The molecule has 0 radical (unpaired) electrons. The lowest BCUT2D eigenvalue weighted by Crippen LogP contribution is -2.39. The van der Waals surface area contributed by atoms with Crippen molar-refractivity contribution in [2.75, 3.05) is 21.3 Å². The van der Waals surface area contributed by atoms with Crippen molar-refractivity contribution in [1.29, 1.82) is 0 Å². The van der Waals surface area contributed by atoms with E-state index in [0.717, 1.165) is 46.3 Å². The number of methoxy groups -OCH3 is 2. The van der Waals surface area contributed by atoms with E-state index in [-0.39, 0.29) is 5.91 Å². The van der Waals surface area contributed by atoms with Gasteiger partial charge in [0.15, 0.2) is 4.96 Å². The fourth-order valence-corrected chi connectivity index (χ4v) is 4.93. The van der Waals surface area contributed by atoms with Crippen LogP contribution in [0.1, 0.15) is 37.8 Å². The number of imidazole rings is 1. The number of fused-ring (bicyclic) bond motifs is 1. The minimum absolute atomic E-state index is 0.172. The van der Waals surface area contributed by atoms with Gasteiger partial charge in [-0.25, -0.2) is 4.98 Å². The van der Waals surface area contributed by atoms with Gasteiger partial charge in [-0.2, -0.15) is 0 Å². The van der Waals surface area contributed by atoms with E-state index >= 15 is 0 Å². The first kappa shape index (κ1) is 19.8. The van der Waals surface area contributed by atoms with Crippen molar-refractivity contribution in [3.8, 4) is 22.8 Å². The minimum atomic E-state index is 0.172. The zero-order valence-corrected chi connectivity index (χ0v) is 18.0. The Morgan fingerprint density at radius 2 is 2.03 bits per heavy atom. The number of carbonyl (C=O) groups is 1. The van der Waals surface area contributed by atoms with Crippen LogP contribution < -0.4 is 9.47 Å². The minimum Gasteiger partial charge on any atom is -0.497 e. The van der Waals surface area contributed by atoms with Crippen molar-refractivity contribution < 1.29 is 14.3 Å². The van der Waals surface area contributed by atoms with Gasteiger partial charge in [0.2, 0.25) is 5.91 Å². The Labute approximate surface area is 175 Å². The summed E-state index contributed by atoms with van der Waals surface area (Å²) >= 11 is 1.55. The highest BCUT2D eigenvalue weighted by Gasteiger charge is 2.23. The molecular weight excluding hydrogens is 386 g/mol. The second-order valence-electron chi connectivity index (χ2n) is 7.55. The Kier molecular flexibility index (Phi) is 5.76. The summed E-state index contributed by atoms with van der Waals surface area (Å²) in [7, 11) is 5.24. The fraction of sp³-hybridized carbons (Fsp3) is 0.455. The van der Waals surface area contributed by atoms with Crippen LogP contribution in [0.15, 0.2) is 29.8 Å². The van der Waals surface area contributed by atoms with Crippen molar-refractivity contribution in [2.45, 2.75) is 44.6 Å². The number of amides is 1. The lowest BCUT2D eigenvalue weighted by molar-refractivity contribution is -0.131. The molecular formula is C22H27N3O3S. The molecule has 0 spiro atoms. The molecule has 3 aromatic rings. The van der Waals surface area contributed by atoms with Crippen molar-refractivity contribution in [3.63, 3.8) is 0 Å². The largest absolute Gasteiger partial charge is 0.497 e. The highest BCUT2D eigenvalue weighted by atomic mass is 32.1. The van der Waals surface area contributed by atoms with Gasteiger partial charge < -0.3 is 14.4 Å². The van der Waals surface area contributed by atoms with Crippen molar-refractivity contribution >= 4 is 22.2 Å². The van der Waals surface area contributed by atoms with Crippen LogP contribution in [0.25, 0.3) is 16.2 Å². The van der Waals surface area contributed by atoms with Crippen LogP contribution in [0.3, 0.4) is 0 Å². The van der Waals surface area contributed by atoms with E-state index in [1.807, 2.05) is 46.1 Å². The van der Waals surface area contributed by atoms with E-state index in [0.29, 0.717) is 12.5 Å². The molecule has 7 heteroatoms. The first-order chi connectivity index (χ1) is 14.1. The van der Waals surface area contributed by atoms with Crippen LogP contribution in [0.2, 0.25) is 0 Å². The number of hydrogen-bond donors (Lipinski definition) is 0. The molecule has 0 unspecified atom stereocenters. The molecule has 0 bridgehead atoms. The first-order valence-corrected chi connectivity index (χ1v) is 10.9. The number of carbonyl (C=O) groups excluding carboxylic acids is 1. The molecule has 0 atom stereocenters. The monoisotopic (exact) mass is 413 g/mol. The first-order valence-electron chi connectivity index (χ1n) is 10.0. The molecule has 29 heavy (non-hydrogen) atoms. The van der Waals surface area contributed by atoms with Crippen LogP contribution in [-0.4, -0.2) is 47.5 Å². The molecule has 1 amide bonds. The summed E-state index contributed by atoms with van der Waals surface area (Å²) in [6.07, 6.45) is 8.33. The van der Waals surface area contributed by atoms with E-state index in [1.54, 1.807) is 25.6 Å². The molecule has 2 heterocycles. The lowest BCUT2D eigenvalue weighted by Gasteiger charge is -2.31. The van der Waals surface area contributed by atoms with Gasteiger partial charge in [-0.05, 0) is 31.0 Å². The predicted molar refractivity (Wildman–Crippen MR) is 115 cm³/mol. The summed E-state index contributed by atoms with van der Waals surface area (Å²) in [5.41, 5.74) is 2.65. The predicted octanol–water partition coefficient (Wildman–Crippen LogP) is 4.41. The van der Waals surface area contributed by atoms with Gasteiger partial charge in [-0.15, -0.1) is 11.3 Å². The standard InChI is InChI=1S/C22H27N3O3S/c1-24(15-7-5-4-6-8-15)21(26)11-16-14-29-22-23-19(13-25(16)22)18-12-17(27-2)9-10-20(18)28-3/h9-10,12-15H,4-8,11H2,1-3H3. The number of likely N-dealkylation sites (N-methyl/N-ethyl adjacent to an activating group) is 1. The second kappa shape index (κ2) is 8.45. The van der Waals surface area contributed by atoms with Crippen LogP contribution in [-0.2, 0) is 11.2 Å². The molecule has 0 saturated heterocycles.